The van der Waals surface area contributed by atoms with Crippen LogP contribution in [0.4, 0.5) is 16.3 Å². The number of carbonyl (C=O) groups excluding carboxylic acids is 1. The molecule has 0 unspecified atom stereocenters. The van der Waals surface area contributed by atoms with Crippen molar-refractivity contribution >= 4 is 17.5 Å². The Hall–Kier alpha value is -2.57. The molecule has 1 aromatic heterocycles. The second kappa shape index (κ2) is 5.67. The first-order chi connectivity index (χ1) is 8.79. The van der Waals surface area contributed by atoms with E-state index in [0.29, 0.717) is 23.9 Å². The Bertz CT molecular complexity index is 512. The van der Waals surface area contributed by atoms with E-state index >= 15 is 0 Å². The van der Waals surface area contributed by atoms with E-state index in [1.807, 2.05) is 19.1 Å². The standard InChI is InChI=1S/C11H13N5O2/c1-2-18-9-6-4-3-5-8(9)13-11(17)14-10-7-12-16-15-10/h3-7H,2H2,1H3,(H3,12,13,14,15,16,17). The third-order valence-electron chi connectivity index (χ3n) is 2.09. The lowest BCUT2D eigenvalue weighted by molar-refractivity contribution is 0.262. The largest absolute Gasteiger partial charge is 0.492 e. The van der Waals surface area contributed by atoms with E-state index in [-0.39, 0.29) is 0 Å². The Labute approximate surface area is 104 Å². The first kappa shape index (κ1) is 11.9. The number of urea groups is 1. The highest BCUT2D eigenvalue weighted by Crippen LogP contribution is 2.23. The van der Waals surface area contributed by atoms with Crippen LogP contribution in [0.25, 0.3) is 0 Å². The molecule has 2 aromatic rings. The molecule has 1 heterocycles. The van der Waals surface area contributed by atoms with Crippen LogP contribution in [0.15, 0.2) is 30.5 Å². The highest BCUT2D eigenvalue weighted by atomic mass is 16.5. The highest BCUT2D eigenvalue weighted by Gasteiger charge is 2.08. The number of benzene rings is 1. The van der Waals surface area contributed by atoms with E-state index in [1.54, 1.807) is 12.1 Å². The number of carbonyl (C=O) groups is 1. The lowest BCUT2D eigenvalue weighted by Crippen LogP contribution is -2.20. The number of amides is 2. The van der Waals surface area contributed by atoms with Crippen molar-refractivity contribution in [2.75, 3.05) is 17.2 Å². The van der Waals surface area contributed by atoms with Gasteiger partial charge in [-0.25, -0.2) is 4.79 Å². The maximum Gasteiger partial charge on any atom is 0.325 e. The van der Waals surface area contributed by atoms with E-state index in [9.17, 15) is 4.79 Å². The minimum absolute atomic E-state index is 0.349. The summed E-state index contributed by atoms with van der Waals surface area (Å²) < 4.78 is 5.40. The zero-order valence-corrected chi connectivity index (χ0v) is 9.80. The summed E-state index contributed by atoms with van der Waals surface area (Å²) in [5.74, 6) is 0.969. The molecule has 0 spiro atoms. The van der Waals surface area contributed by atoms with Crippen molar-refractivity contribution in [1.29, 1.82) is 0 Å². The van der Waals surface area contributed by atoms with Crippen LogP contribution >= 0.6 is 0 Å². The van der Waals surface area contributed by atoms with Crippen LogP contribution in [-0.2, 0) is 0 Å². The summed E-state index contributed by atoms with van der Waals surface area (Å²) in [4.78, 5) is 11.7. The Kier molecular flexibility index (Phi) is 3.75. The monoisotopic (exact) mass is 247 g/mol. The number of H-pyrrole nitrogens is 1. The van der Waals surface area contributed by atoms with Gasteiger partial charge in [0.2, 0.25) is 0 Å². The zero-order valence-electron chi connectivity index (χ0n) is 9.80. The molecule has 1 aromatic carbocycles. The van der Waals surface area contributed by atoms with Gasteiger partial charge in [-0.2, -0.15) is 10.3 Å². The number of hydrogen-bond acceptors (Lipinski definition) is 4. The molecular weight excluding hydrogens is 234 g/mol. The van der Waals surface area contributed by atoms with Gasteiger partial charge in [0.25, 0.3) is 0 Å². The first-order valence-corrected chi connectivity index (χ1v) is 5.45. The second-order valence-electron chi connectivity index (χ2n) is 3.36. The number of anilines is 2. The fraction of sp³-hybridized carbons (Fsp3) is 0.182. The molecule has 0 aliphatic heterocycles. The first-order valence-electron chi connectivity index (χ1n) is 5.45. The lowest BCUT2D eigenvalue weighted by atomic mass is 10.3. The Morgan fingerprint density at radius 2 is 2.22 bits per heavy atom. The molecule has 7 nitrogen and oxygen atoms in total. The van der Waals surface area contributed by atoms with Crippen LogP contribution in [0.1, 0.15) is 6.92 Å². The van der Waals surface area contributed by atoms with Crippen LogP contribution in [-0.4, -0.2) is 28.0 Å². The number of aromatic nitrogens is 3. The summed E-state index contributed by atoms with van der Waals surface area (Å²) in [5.41, 5.74) is 0.598. The van der Waals surface area contributed by atoms with Gasteiger partial charge in [0.05, 0.1) is 18.5 Å². The van der Waals surface area contributed by atoms with Crippen LogP contribution in [0.5, 0.6) is 5.75 Å². The third kappa shape index (κ3) is 2.97. The Morgan fingerprint density at radius 1 is 1.39 bits per heavy atom. The molecule has 2 rings (SSSR count). The van der Waals surface area contributed by atoms with E-state index in [0.717, 1.165) is 0 Å². The second-order valence-corrected chi connectivity index (χ2v) is 3.36. The number of aromatic amines is 1. The number of nitrogens with zero attached hydrogens (tertiary/aromatic N) is 2. The molecule has 0 aliphatic carbocycles. The summed E-state index contributed by atoms with van der Waals surface area (Å²) in [6.45, 7) is 2.41. The van der Waals surface area contributed by atoms with Crippen molar-refractivity contribution in [3.8, 4) is 5.75 Å². The number of para-hydroxylation sites is 2. The van der Waals surface area contributed by atoms with Crippen molar-refractivity contribution in [2.45, 2.75) is 6.92 Å². The maximum absolute atomic E-state index is 11.7. The molecule has 94 valence electrons. The van der Waals surface area contributed by atoms with Crippen LogP contribution in [0, 0.1) is 0 Å². The normalized spacial score (nSPS) is 9.83. The average molecular weight is 247 g/mol. The quantitative estimate of drug-likeness (QED) is 0.768. The molecule has 18 heavy (non-hydrogen) atoms. The van der Waals surface area contributed by atoms with Gasteiger partial charge in [-0.15, -0.1) is 5.10 Å². The Morgan fingerprint density at radius 3 is 2.94 bits per heavy atom. The van der Waals surface area contributed by atoms with Gasteiger partial charge in [0.15, 0.2) is 5.82 Å². The number of nitrogens with one attached hydrogen (secondary N) is 3. The maximum atomic E-state index is 11.7. The fourth-order valence-electron chi connectivity index (χ4n) is 1.38. The molecule has 0 aliphatic rings. The van der Waals surface area contributed by atoms with Crippen molar-refractivity contribution < 1.29 is 9.53 Å². The minimum Gasteiger partial charge on any atom is -0.492 e. The van der Waals surface area contributed by atoms with E-state index in [1.165, 1.54) is 6.20 Å². The molecule has 2 amide bonds. The van der Waals surface area contributed by atoms with E-state index in [4.69, 9.17) is 4.74 Å². The van der Waals surface area contributed by atoms with Crippen molar-refractivity contribution in [3.05, 3.63) is 30.5 Å². The van der Waals surface area contributed by atoms with Gasteiger partial charge in [-0.05, 0) is 19.1 Å². The summed E-state index contributed by atoms with van der Waals surface area (Å²) in [6, 6.07) is 6.79. The molecule has 7 heteroatoms. The smallest absolute Gasteiger partial charge is 0.325 e. The molecule has 0 radical (unpaired) electrons. The van der Waals surface area contributed by atoms with Crippen molar-refractivity contribution in [1.82, 2.24) is 15.4 Å². The predicted molar refractivity (Wildman–Crippen MR) is 66.6 cm³/mol. The molecule has 0 fully saturated rings. The highest BCUT2D eigenvalue weighted by molar-refractivity contribution is 5.99. The summed E-state index contributed by atoms with van der Waals surface area (Å²) in [5, 5.41) is 14.9. The molecule has 0 atom stereocenters. The number of rotatable bonds is 4. The van der Waals surface area contributed by atoms with Gasteiger partial charge >= 0.3 is 6.03 Å². The van der Waals surface area contributed by atoms with Gasteiger partial charge in [-0.1, -0.05) is 12.1 Å². The Balaban J connectivity index is 2.02. The number of ether oxygens (including phenoxy) is 1. The summed E-state index contributed by atoms with van der Waals surface area (Å²) in [6.07, 6.45) is 1.41. The molecule has 0 saturated carbocycles. The molecule has 0 bridgehead atoms. The summed E-state index contributed by atoms with van der Waals surface area (Å²) in [7, 11) is 0. The van der Waals surface area contributed by atoms with Gasteiger partial charge < -0.3 is 10.1 Å². The molecule has 3 N–H and O–H groups in total. The average Bonchev–Trinajstić information content (AvgIpc) is 2.84. The van der Waals surface area contributed by atoms with Crippen LogP contribution < -0.4 is 15.4 Å². The number of hydrogen-bond donors (Lipinski definition) is 3. The third-order valence-corrected chi connectivity index (χ3v) is 2.09. The van der Waals surface area contributed by atoms with Crippen LogP contribution in [0.3, 0.4) is 0 Å². The lowest BCUT2D eigenvalue weighted by Gasteiger charge is -2.10. The van der Waals surface area contributed by atoms with Crippen molar-refractivity contribution in [3.63, 3.8) is 0 Å². The van der Waals surface area contributed by atoms with E-state index < -0.39 is 6.03 Å². The van der Waals surface area contributed by atoms with Gasteiger partial charge in [0.1, 0.15) is 5.75 Å². The zero-order chi connectivity index (χ0) is 12.8. The predicted octanol–water partition coefficient (Wildman–Crippen LogP) is 1.85. The minimum atomic E-state index is -0.406. The topological polar surface area (TPSA) is 91.9 Å². The molecule has 0 saturated heterocycles. The van der Waals surface area contributed by atoms with Crippen molar-refractivity contribution in [2.24, 2.45) is 0 Å². The van der Waals surface area contributed by atoms with E-state index in [2.05, 4.69) is 26.0 Å². The SMILES string of the molecule is CCOc1ccccc1NC(=O)Nc1cn[nH]n1. The van der Waals surface area contributed by atoms with Crippen LogP contribution in [0.2, 0.25) is 0 Å². The summed E-state index contributed by atoms with van der Waals surface area (Å²) >= 11 is 0. The van der Waals surface area contributed by atoms with Gasteiger partial charge in [-0.3, -0.25) is 5.32 Å². The van der Waals surface area contributed by atoms with Gasteiger partial charge in [0, 0.05) is 0 Å². The fourth-order valence-corrected chi connectivity index (χ4v) is 1.38. The molecular formula is C11H13N5O2.